The number of ether oxygens (including phenoxy) is 1. The van der Waals surface area contributed by atoms with Crippen LogP contribution in [0.5, 0.6) is 5.75 Å². The molecule has 1 aliphatic rings. The van der Waals surface area contributed by atoms with Crippen molar-refractivity contribution in [2.24, 2.45) is 10.7 Å². The van der Waals surface area contributed by atoms with E-state index in [-0.39, 0.29) is 16.5 Å². The number of halogens is 4. The number of aromatic nitrogens is 2. The highest BCUT2D eigenvalue weighted by Gasteiger charge is 2.35. The van der Waals surface area contributed by atoms with Gasteiger partial charge in [0.1, 0.15) is 5.75 Å². The number of carbonyl (C=O) groups excluding carboxylic acids is 1. The highest BCUT2D eigenvalue weighted by Crippen LogP contribution is 2.32. The van der Waals surface area contributed by atoms with Crippen LogP contribution in [0.2, 0.25) is 5.02 Å². The zero-order valence-electron chi connectivity index (χ0n) is 17.6. The normalized spacial score (nSPS) is 17.5. The molecule has 0 bridgehead atoms. The monoisotopic (exact) mass is 467 g/mol. The fraction of sp³-hybridized carbons (Fsp3) is 0.333. The molecule has 3 rings (SSSR count). The summed E-state index contributed by atoms with van der Waals surface area (Å²) in [5.41, 5.74) is 8.35. The van der Waals surface area contributed by atoms with Gasteiger partial charge in [-0.15, -0.1) is 0 Å². The largest absolute Gasteiger partial charge is 0.495 e. The maximum Gasteiger partial charge on any atom is 0.451 e. The van der Waals surface area contributed by atoms with Crippen molar-refractivity contribution in [1.82, 2.24) is 14.9 Å². The molecule has 0 radical (unpaired) electrons. The van der Waals surface area contributed by atoms with Crippen LogP contribution in [0.4, 0.5) is 13.2 Å². The maximum absolute atomic E-state index is 13.1. The molecule has 1 atom stereocenters. The molecule has 1 aliphatic heterocycles. The van der Waals surface area contributed by atoms with Crippen LogP contribution in [0.15, 0.2) is 46.9 Å². The summed E-state index contributed by atoms with van der Waals surface area (Å²) in [6.45, 7) is 2.07. The average molecular weight is 468 g/mol. The van der Waals surface area contributed by atoms with Crippen LogP contribution < -0.4 is 10.5 Å². The van der Waals surface area contributed by atoms with E-state index in [9.17, 15) is 18.0 Å². The van der Waals surface area contributed by atoms with Gasteiger partial charge >= 0.3 is 6.18 Å². The first-order chi connectivity index (χ1) is 15.1. The Balaban J connectivity index is 1.90. The molecule has 2 heterocycles. The standard InChI is InChI=1S/C21H21ClF3N5O2/c1-11-17(26)14(18(27-2)12-9-28-20(29-10-12)21(23,24)25)7-8-30(11)19(31)13-5-4-6-15(32-3)16(13)22/h4-6,9-11H,7-8,26H2,1-3H3. The second kappa shape index (κ2) is 9.15. The Morgan fingerprint density at radius 1 is 1.31 bits per heavy atom. The van der Waals surface area contributed by atoms with E-state index < -0.39 is 18.0 Å². The fourth-order valence-corrected chi connectivity index (χ4v) is 3.83. The SMILES string of the molecule is CN=C(C1=C(N)C(C)N(C(=O)c2cccc(OC)c2Cl)CC1)c1cnc(C(F)(F)F)nc1. The number of hydrogen-bond acceptors (Lipinski definition) is 6. The maximum atomic E-state index is 13.1. The number of nitrogens with zero attached hydrogens (tertiary/aromatic N) is 4. The summed E-state index contributed by atoms with van der Waals surface area (Å²) in [4.78, 5) is 25.7. The quantitative estimate of drug-likeness (QED) is 0.691. The molecular formula is C21H21ClF3N5O2. The number of benzene rings is 1. The molecule has 1 amide bonds. The van der Waals surface area contributed by atoms with Gasteiger partial charge in [-0.25, -0.2) is 9.97 Å². The zero-order chi connectivity index (χ0) is 23.6. The van der Waals surface area contributed by atoms with Gasteiger partial charge in [-0.2, -0.15) is 13.2 Å². The van der Waals surface area contributed by atoms with Gasteiger partial charge < -0.3 is 15.4 Å². The smallest absolute Gasteiger partial charge is 0.451 e. The fourth-order valence-electron chi connectivity index (χ4n) is 3.55. The number of methoxy groups -OCH3 is 1. The Kier molecular flexibility index (Phi) is 6.73. The number of carbonyl (C=O) groups is 1. The van der Waals surface area contributed by atoms with Crippen LogP contribution in [0.3, 0.4) is 0 Å². The number of aliphatic imine (C=N–C) groups is 1. The molecule has 2 aromatic rings. The molecule has 32 heavy (non-hydrogen) atoms. The summed E-state index contributed by atoms with van der Waals surface area (Å²) in [7, 11) is 2.97. The average Bonchev–Trinajstić information content (AvgIpc) is 2.76. The third-order valence-electron chi connectivity index (χ3n) is 5.23. The molecule has 1 aromatic carbocycles. The summed E-state index contributed by atoms with van der Waals surface area (Å²) in [5.74, 6) is -1.16. The molecule has 0 fully saturated rings. The van der Waals surface area contributed by atoms with Crippen LogP contribution in [-0.4, -0.2) is 53.2 Å². The van der Waals surface area contributed by atoms with Gasteiger partial charge in [0.15, 0.2) is 0 Å². The number of nitrogens with two attached hydrogens (primary N) is 1. The topological polar surface area (TPSA) is 93.7 Å². The van der Waals surface area contributed by atoms with Crippen molar-refractivity contribution in [3.8, 4) is 5.75 Å². The second-order valence-corrected chi connectivity index (χ2v) is 7.42. The number of alkyl halides is 3. The lowest BCUT2D eigenvalue weighted by Crippen LogP contribution is -2.46. The highest BCUT2D eigenvalue weighted by molar-refractivity contribution is 6.35. The predicted octanol–water partition coefficient (Wildman–Crippen LogP) is 3.72. The van der Waals surface area contributed by atoms with Crippen LogP contribution >= 0.6 is 11.6 Å². The van der Waals surface area contributed by atoms with Gasteiger partial charge in [0.05, 0.1) is 29.4 Å². The van der Waals surface area contributed by atoms with Gasteiger partial charge in [-0.05, 0) is 25.5 Å². The minimum Gasteiger partial charge on any atom is -0.495 e. The Morgan fingerprint density at radius 3 is 2.53 bits per heavy atom. The van der Waals surface area contributed by atoms with Gasteiger partial charge in [0.2, 0.25) is 5.82 Å². The first-order valence-corrected chi connectivity index (χ1v) is 9.96. The third kappa shape index (κ3) is 4.40. The Labute approximate surface area is 187 Å². The molecule has 2 N–H and O–H groups in total. The minimum absolute atomic E-state index is 0.207. The Bertz CT molecular complexity index is 1080. The second-order valence-electron chi connectivity index (χ2n) is 7.05. The first kappa shape index (κ1) is 23.5. The van der Waals surface area contributed by atoms with Crippen molar-refractivity contribution < 1.29 is 22.7 Å². The van der Waals surface area contributed by atoms with E-state index in [0.29, 0.717) is 41.3 Å². The Morgan fingerprint density at radius 2 is 1.97 bits per heavy atom. The van der Waals surface area contributed by atoms with Crippen LogP contribution in [0.1, 0.15) is 35.1 Å². The zero-order valence-corrected chi connectivity index (χ0v) is 18.3. The van der Waals surface area contributed by atoms with Crippen LogP contribution in [-0.2, 0) is 6.18 Å². The van der Waals surface area contributed by atoms with Crippen LogP contribution in [0.25, 0.3) is 0 Å². The number of rotatable bonds is 4. The van der Waals surface area contributed by atoms with E-state index in [1.165, 1.54) is 14.2 Å². The lowest BCUT2D eigenvalue weighted by molar-refractivity contribution is -0.145. The highest BCUT2D eigenvalue weighted by atomic mass is 35.5. The van der Waals surface area contributed by atoms with Crippen molar-refractivity contribution in [3.63, 3.8) is 0 Å². The van der Waals surface area contributed by atoms with Gasteiger partial charge in [-0.3, -0.25) is 9.79 Å². The summed E-state index contributed by atoms with van der Waals surface area (Å²) in [5, 5.41) is 0.207. The van der Waals surface area contributed by atoms with Crippen molar-refractivity contribution in [2.75, 3.05) is 20.7 Å². The molecule has 0 saturated carbocycles. The lowest BCUT2D eigenvalue weighted by Gasteiger charge is -2.36. The molecule has 7 nitrogen and oxygen atoms in total. The van der Waals surface area contributed by atoms with E-state index >= 15 is 0 Å². The number of amides is 1. The summed E-state index contributed by atoms with van der Waals surface area (Å²) < 4.78 is 43.5. The van der Waals surface area contributed by atoms with E-state index in [1.807, 2.05) is 0 Å². The first-order valence-electron chi connectivity index (χ1n) is 9.58. The summed E-state index contributed by atoms with van der Waals surface area (Å²) >= 11 is 6.30. The predicted molar refractivity (Wildman–Crippen MR) is 114 cm³/mol. The van der Waals surface area contributed by atoms with E-state index in [1.54, 1.807) is 30.0 Å². The van der Waals surface area contributed by atoms with Crippen molar-refractivity contribution in [3.05, 3.63) is 63.8 Å². The van der Waals surface area contributed by atoms with Crippen molar-refractivity contribution >= 4 is 23.2 Å². The molecule has 170 valence electrons. The van der Waals surface area contributed by atoms with Gasteiger partial charge in [-0.1, -0.05) is 17.7 Å². The molecule has 0 saturated heterocycles. The minimum atomic E-state index is -4.64. The lowest BCUT2D eigenvalue weighted by atomic mass is 9.92. The third-order valence-corrected chi connectivity index (χ3v) is 5.62. The van der Waals surface area contributed by atoms with E-state index in [4.69, 9.17) is 22.1 Å². The molecule has 1 unspecified atom stereocenters. The summed E-state index contributed by atoms with van der Waals surface area (Å²) in [6.07, 6.45) is -2.16. The van der Waals surface area contributed by atoms with E-state index in [2.05, 4.69) is 15.0 Å². The molecule has 11 heteroatoms. The molecule has 0 spiro atoms. The molecular weight excluding hydrogens is 447 g/mol. The van der Waals surface area contributed by atoms with Crippen molar-refractivity contribution in [1.29, 1.82) is 0 Å². The molecule has 1 aromatic heterocycles. The van der Waals surface area contributed by atoms with Crippen LogP contribution in [0, 0.1) is 0 Å². The number of hydrogen-bond donors (Lipinski definition) is 1. The molecule has 0 aliphatic carbocycles. The van der Waals surface area contributed by atoms with Gasteiger partial charge in [0.25, 0.3) is 5.91 Å². The van der Waals surface area contributed by atoms with E-state index in [0.717, 1.165) is 12.4 Å². The van der Waals surface area contributed by atoms with Crippen molar-refractivity contribution in [2.45, 2.75) is 25.6 Å². The Hall–Kier alpha value is -3.14. The van der Waals surface area contributed by atoms with Gasteiger partial charge in [0, 0.05) is 42.8 Å². The summed E-state index contributed by atoms with van der Waals surface area (Å²) in [6, 6.07) is 4.43.